The first-order chi connectivity index (χ1) is 21.0. The molecule has 2 aromatic carbocycles. The van der Waals surface area contributed by atoms with Crippen molar-refractivity contribution in [2.24, 2.45) is 11.8 Å². The molecule has 0 radical (unpaired) electrons. The second-order valence-electron chi connectivity index (χ2n) is 12.3. The second kappa shape index (κ2) is 12.9. The molecule has 2 amide bonds. The lowest BCUT2D eigenvalue weighted by molar-refractivity contribution is -0.125. The number of carbonyl (C=O) groups is 2. The van der Waals surface area contributed by atoms with E-state index in [1.807, 2.05) is 45.9 Å². The SMILES string of the molecule is CC(C)C(=O)NC1CCc2[nH]c3cc(Cl)c(C#N)cc3c2C1.CC(C)C(=O)NC1CCc2[nH]c3ccc(C#N)c(Cl)c3c2C1. The van der Waals surface area contributed by atoms with Crippen LogP contribution in [0.25, 0.3) is 21.8 Å². The predicted octanol–water partition coefficient (Wildman–Crippen LogP) is 6.64. The minimum absolute atomic E-state index is 0.00614. The molecule has 4 aromatic rings. The van der Waals surface area contributed by atoms with Crippen LogP contribution >= 0.6 is 23.2 Å². The van der Waals surface area contributed by atoms with Crippen LogP contribution in [0.3, 0.4) is 0 Å². The fourth-order valence-electron chi connectivity index (χ4n) is 6.06. The van der Waals surface area contributed by atoms with E-state index in [2.05, 4.69) is 32.7 Å². The van der Waals surface area contributed by atoms with E-state index in [4.69, 9.17) is 33.7 Å². The van der Waals surface area contributed by atoms with E-state index >= 15 is 0 Å². The van der Waals surface area contributed by atoms with Gasteiger partial charge in [-0.2, -0.15) is 10.5 Å². The summed E-state index contributed by atoms with van der Waals surface area (Å²) in [6, 6.07) is 11.8. The number of hydrogen-bond donors (Lipinski definition) is 4. The smallest absolute Gasteiger partial charge is 0.222 e. The quantitative estimate of drug-likeness (QED) is 0.201. The van der Waals surface area contributed by atoms with Crippen LogP contribution in [0.5, 0.6) is 0 Å². The Morgan fingerprint density at radius 3 is 1.93 bits per heavy atom. The number of rotatable bonds is 4. The number of aryl methyl sites for hydroxylation is 2. The second-order valence-corrected chi connectivity index (χ2v) is 13.1. The van der Waals surface area contributed by atoms with Crippen molar-refractivity contribution in [2.75, 3.05) is 0 Å². The van der Waals surface area contributed by atoms with Crippen molar-refractivity contribution < 1.29 is 9.59 Å². The Hall–Kier alpha value is -3.98. The van der Waals surface area contributed by atoms with Gasteiger partial charge < -0.3 is 20.6 Å². The van der Waals surface area contributed by atoms with E-state index < -0.39 is 0 Å². The molecule has 2 heterocycles. The molecule has 0 fully saturated rings. The highest BCUT2D eigenvalue weighted by atomic mass is 35.5. The van der Waals surface area contributed by atoms with Gasteiger partial charge >= 0.3 is 0 Å². The van der Waals surface area contributed by atoms with Crippen LogP contribution in [0.2, 0.25) is 10.0 Å². The van der Waals surface area contributed by atoms with Gasteiger partial charge in [0.05, 0.1) is 21.2 Å². The maximum atomic E-state index is 11.9. The average molecular weight is 632 g/mol. The summed E-state index contributed by atoms with van der Waals surface area (Å²) in [6.07, 6.45) is 5.17. The molecule has 44 heavy (non-hydrogen) atoms. The van der Waals surface area contributed by atoms with Crippen molar-refractivity contribution >= 4 is 56.8 Å². The summed E-state index contributed by atoms with van der Waals surface area (Å²) in [7, 11) is 0. The third-order valence-corrected chi connectivity index (χ3v) is 9.25. The number of carbonyl (C=O) groups excluding carboxylic acids is 2. The van der Waals surface area contributed by atoms with Crippen LogP contribution < -0.4 is 10.6 Å². The highest BCUT2D eigenvalue weighted by molar-refractivity contribution is 6.37. The molecule has 4 N–H and O–H groups in total. The van der Waals surface area contributed by atoms with E-state index in [1.165, 1.54) is 17.0 Å². The summed E-state index contributed by atoms with van der Waals surface area (Å²) in [5, 5.41) is 27.5. The zero-order valence-corrected chi connectivity index (χ0v) is 26.8. The molecule has 0 aliphatic heterocycles. The number of aromatic nitrogens is 2. The lowest BCUT2D eigenvalue weighted by atomic mass is 9.90. The minimum atomic E-state index is -0.0156. The first-order valence-corrected chi connectivity index (χ1v) is 15.8. The van der Waals surface area contributed by atoms with E-state index in [1.54, 1.807) is 6.07 Å². The topological polar surface area (TPSA) is 137 Å². The molecular formula is C34H36Cl2N6O2. The molecule has 2 aliphatic carbocycles. The van der Waals surface area contributed by atoms with Gasteiger partial charge in [-0.15, -0.1) is 0 Å². The number of hydrogen-bond acceptors (Lipinski definition) is 4. The number of benzene rings is 2. The number of nitrogens with one attached hydrogen (secondary N) is 4. The maximum Gasteiger partial charge on any atom is 0.222 e. The molecule has 2 atom stereocenters. The molecule has 6 rings (SSSR count). The summed E-state index contributed by atoms with van der Waals surface area (Å²) in [5.41, 5.74) is 7.60. The normalized spacial score (nSPS) is 17.3. The molecule has 0 saturated carbocycles. The van der Waals surface area contributed by atoms with Crippen LogP contribution in [-0.4, -0.2) is 33.9 Å². The number of amides is 2. The van der Waals surface area contributed by atoms with Crippen LogP contribution in [0.1, 0.15) is 74.2 Å². The number of nitriles is 2. The fourth-order valence-corrected chi connectivity index (χ4v) is 6.59. The molecule has 2 aliphatic rings. The van der Waals surface area contributed by atoms with Gasteiger partial charge in [0.15, 0.2) is 0 Å². The number of halogens is 2. The van der Waals surface area contributed by atoms with Crippen LogP contribution in [0, 0.1) is 34.5 Å². The summed E-state index contributed by atoms with van der Waals surface area (Å²) < 4.78 is 0. The Labute approximate surface area is 267 Å². The number of nitrogens with zero attached hydrogens (tertiary/aromatic N) is 2. The van der Waals surface area contributed by atoms with E-state index in [0.717, 1.165) is 65.9 Å². The highest BCUT2D eigenvalue weighted by Gasteiger charge is 2.27. The Morgan fingerprint density at radius 2 is 1.36 bits per heavy atom. The summed E-state index contributed by atoms with van der Waals surface area (Å²) in [6.45, 7) is 7.59. The Morgan fingerprint density at radius 1 is 0.818 bits per heavy atom. The van der Waals surface area contributed by atoms with E-state index in [-0.39, 0.29) is 35.7 Å². The maximum absolute atomic E-state index is 11.9. The van der Waals surface area contributed by atoms with Crippen molar-refractivity contribution in [1.29, 1.82) is 10.5 Å². The van der Waals surface area contributed by atoms with Crippen molar-refractivity contribution in [2.45, 2.75) is 78.3 Å². The Kier molecular flexibility index (Phi) is 9.25. The van der Waals surface area contributed by atoms with Crippen molar-refractivity contribution in [1.82, 2.24) is 20.6 Å². The fraction of sp³-hybridized carbons (Fsp3) is 0.412. The minimum Gasteiger partial charge on any atom is -0.358 e. The van der Waals surface area contributed by atoms with Crippen molar-refractivity contribution in [3.8, 4) is 12.1 Å². The zero-order chi connectivity index (χ0) is 31.7. The van der Waals surface area contributed by atoms with Gasteiger partial charge in [-0.1, -0.05) is 50.9 Å². The van der Waals surface area contributed by atoms with Crippen molar-refractivity contribution in [3.05, 3.63) is 68.0 Å². The van der Waals surface area contributed by atoms with Crippen LogP contribution in [0.15, 0.2) is 24.3 Å². The Balaban J connectivity index is 0.000000175. The molecule has 8 nitrogen and oxygen atoms in total. The molecule has 228 valence electrons. The highest BCUT2D eigenvalue weighted by Crippen LogP contribution is 2.36. The van der Waals surface area contributed by atoms with E-state index in [9.17, 15) is 9.59 Å². The van der Waals surface area contributed by atoms with E-state index in [0.29, 0.717) is 21.2 Å². The van der Waals surface area contributed by atoms with Crippen molar-refractivity contribution in [3.63, 3.8) is 0 Å². The summed E-state index contributed by atoms with van der Waals surface area (Å²) >= 11 is 12.5. The third-order valence-electron chi connectivity index (χ3n) is 8.54. The first kappa shape index (κ1) is 31.4. The number of aromatic amines is 2. The predicted molar refractivity (Wildman–Crippen MR) is 174 cm³/mol. The molecule has 2 aromatic heterocycles. The van der Waals surface area contributed by atoms with Gasteiger partial charge in [0.1, 0.15) is 12.1 Å². The third kappa shape index (κ3) is 6.29. The molecule has 0 saturated heterocycles. The van der Waals surface area contributed by atoms with Crippen LogP contribution in [0.4, 0.5) is 0 Å². The average Bonchev–Trinajstić information content (AvgIpc) is 3.54. The van der Waals surface area contributed by atoms with Crippen LogP contribution in [-0.2, 0) is 35.3 Å². The molecule has 2 unspecified atom stereocenters. The molecular weight excluding hydrogens is 595 g/mol. The largest absolute Gasteiger partial charge is 0.358 e. The number of fused-ring (bicyclic) bond motifs is 6. The van der Waals surface area contributed by atoms with Gasteiger partial charge in [-0.25, -0.2) is 0 Å². The molecule has 10 heteroatoms. The lowest BCUT2D eigenvalue weighted by Gasteiger charge is -2.24. The zero-order valence-electron chi connectivity index (χ0n) is 25.3. The summed E-state index contributed by atoms with van der Waals surface area (Å²) in [4.78, 5) is 30.6. The monoisotopic (exact) mass is 630 g/mol. The lowest BCUT2D eigenvalue weighted by Crippen LogP contribution is -2.40. The van der Waals surface area contributed by atoms with Gasteiger partial charge in [-0.3, -0.25) is 9.59 Å². The number of H-pyrrole nitrogens is 2. The Bertz CT molecular complexity index is 1830. The molecule has 0 spiro atoms. The standard InChI is InChI=1S/2C17H18ClN3O/c1-9(2)17(22)20-11-4-6-13-12(7-11)15-14(21-13)5-3-10(8-19)16(15)18;1-9(2)17(22)20-11-3-4-15-13(6-11)12-5-10(8-19)14(18)7-16(12)21-15/h3,5,9,11,21H,4,6-7H2,1-2H3,(H,20,22);5,7,9,11,21H,3-4,6H2,1-2H3,(H,20,22). The van der Waals surface area contributed by atoms with Gasteiger partial charge in [0, 0.05) is 57.1 Å². The van der Waals surface area contributed by atoms with Gasteiger partial charge in [0.2, 0.25) is 11.8 Å². The molecule has 0 bridgehead atoms. The first-order valence-electron chi connectivity index (χ1n) is 15.1. The van der Waals surface area contributed by atoms with Gasteiger partial charge in [0.25, 0.3) is 0 Å². The van der Waals surface area contributed by atoms with Gasteiger partial charge in [-0.05, 0) is 73.9 Å². The summed E-state index contributed by atoms with van der Waals surface area (Å²) in [5.74, 6) is 0.151.